The molecule has 1 aromatic rings. The third kappa shape index (κ3) is 2.78. The zero-order chi connectivity index (χ0) is 14.8. The fraction of sp³-hybridized carbons (Fsp3) is 0.500. The molecule has 2 amide bonds. The molecular formula is C16H21N3O2. The third-order valence-electron chi connectivity index (χ3n) is 4.24. The maximum Gasteiger partial charge on any atom is 0.254 e. The van der Waals surface area contributed by atoms with Crippen molar-refractivity contribution < 1.29 is 9.59 Å². The molecule has 0 radical (unpaired) electrons. The number of rotatable bonds is 2. The van der Waals surface area contributed by atoms with Gasteiger partial charge in [-0.2, -0.15) is 0 Å². The number of hydrogen-bond acceptors (Lipinski definition) is 3. The highest BCUT2D eigenvalue weighted by molar-refractivity contribution is 5.99. The van der Waals surface area contributed by atoms with Crippen molar-refractivity contribution in [2.45, 2.75) is 25.8 Å². The summed E-state index contributed by atoms with van der Waals surface area (Å²) in [4.78, 5) is 28.2. The summed E-state index contributed by atoms with van der Waals surface area (Å²) >= 11 is 0. The molecule has 112 valence electrons. The summed E-state index contributed by atoms with van der Waals surface area (Å²) in [6.45, 7) is 5.20. The minimum absolute atomic E-state index is 0.0532. The van der Waals surface area contributed by atoms with E-state index in [1.54, 1.807) is 4.90 Å². The number of piperazine rings is 1. The third-order valence-corrected chi connectivity index (χ3v) is 4.24. The second-order valence-corrected chi connectivity index (χ2v) is 5.75. The Hall–Kier alpha value is -1.88. The molecule has 5 nitrogen and oxygen atoms in total. The Labute approximate surface area is 124 Å². The fourth-order valence-corrected chi connectivity index (χ4v) is 3.04. The number of anilines is 1. The van der Waals surface area contributed by atoms with Gasteiger partial charge in [0.25, 0.3) is 5.91 Å². The predicted octanol–water partition coefficient (Wildman–Crippen LogP) is 1.25. The van der Waals surface area contributed by atoms with Gasteiger partial charge in [0.15, 0.2) is 0 Å². The number of carbonyl (C=O) groups is 2. The SMILES string of the molecule is C[C@H]1CNCCN1C(=O)c1cccc(N2CCCC2=O)c1. The van der Waals surface area contributed by atoms with E-state index in [-0.39, 0.29) is 17.9 Å². The van der Waals surface area contributed by atoms with Crippen molar-refractivity contribution in [1.29, 1.82) is 0 Å². The van der Waals surface area contributed by atoms with Crippen LogP contribution >= 0.6 is 0 Å². The fourth-order valence-electron chi connectivity index (χ4n) is 3.04. The molecule has 1 atom stereocenters. The molecule has 1 aromatic carbocycles. The van der Waals surface area contributed by atoms with Gasteiger partial charge in [-0.1, -0.05) is 6.07 Å². The Morgan fingerprint density at radius 3 is 2.90 bits per heavy atom. The highest BCUT2D eigenvalue weighted by Crippen LogP contribution is 2.23. The quantitative estimate of drug-likeness (QED) is 0.890. The van der Waals surface area contributed by atoms with E-state index in [0.717, 1.165) is 38.3 Å². The summed E-state index contributed by atoms with van der Waals surface area (Å²) in [5.74, 6) is 0.202. The van der Waals surface area contributed by atoms with E-state index in [4.69, 9.17) is 0 Å². The van der Waals surface area contributed by atoms with Crippen LogP contribution in [0.25, 0.3) is 0 Å². The van der Waals surface area contributed by atoms with Crippen molar-refractivity contribution in [1.82, 2.24) is 10.2 Å². The lowest BCUT2D eigenvalue weighted by Gasteiger charge is -2.34. The smallest absolute Gasteiger partial charge is 0.254 e. The van der Waals surface area contributed by atoms with E-state index in [2.05, 4.69) is 12.2 Å². The van der Waals surface area contributed by atoms with E-state index in [1.165, 1.54) is 0 Å². The monoisotopic (exact) mass is 287 g/mol. The first-order valence-corrected chi connectivity index (χ1v) is 7.59. The Bertz CT molecular complexity index is 558. The van der Waals surface area contributed by atoms with Gasteiger partial charge in [0.05, 0.1) is 0 Å². The van der Waals surface area contributed by atoms with Crippen molar-refractivity contribution in [3.8, 4) is 0 Å². The number of nitrogens with zero attached hydrogens (tertiary/aromatic N) is 2. The van der Waals surface area contributed by atoms with Crippen molar-refractivity contribution in [3.05, 3.63) is 29.8 Å². The van der Waals surface area contributed by atoms with Gasteiger partial charge in [-0.05, 0) is 31.5 Å². The highest BCUT2D eigenvalue weighted by atomic mass is 16.2. The first-order chi connectivity index (χ1) is 10.2. The van der Waals surface area contributed by atoms with Crippen molar-refractivity contribution >= 4 is 17.5 Å². The Kier molecular flexibility index (Phi) is 3.92. The maximum absolute atomic E-state index is 12.7. The van der Waals surface area contributed by atoms with Gasteiger partial charge >= 0.3 is 0 Å². The van der Waals surface area contributed by atoms with Gasteiger partial charge in [-0.25, -0.2) is 0 Å². The van der Waals surface area contributed by atoms with Crippen LogP contribution in [0.2, 0.25) is 0 Å². The number of benzene rings is 1. The first-order valence-electron chi connectivity index (χ1n) is 7.59. The topological polar surface area (TPSA) is 52.7 Å². The van der Waals surface area contributed by atoms with E-state index < -0.39 is 0 Å². The Morgan fingerprint density at radius 2 is 2.19 bits per heavy atom. The van der Waals surface area contributed by atoms with Crippen LogP contribution < -0.4 is 10.2 Å². The summed E-state index contributed by atoms with van der Waals surface area (Å²) < 4.78 is 0. The number of hydrogen-bond donors (Lipinski definition) is 1. The van der Waals surface area contributed by atoms with Crippen LogP contribution in [0.3, 0.4) is 0 Å². The van der Waals surface area contributed by atoms with Gasteiger partial charge in [0, 0.05) is 49.9 Å². The Morgan fingerprint density at radius 1 is 1.33 bits per heavy atom. The molecule has 0 unspecified atom stereocenters. The molecule has 0 bridgehead atoms. The average Bonchev–Trinajstić information content (AvgIpc) is 2.93. The summed E-state index contributed by atoms with van der Waals surface area (Å²) in [7, 11) is 0. The van der Waals surface area contributed by atoms with E-state index in [0.29, 0.717) is 12.0 Å². The van der Waals surface area contributed by atoms with Gasteiger partial charge < -0.3 is 15.1 Å². The van der Waals surface area contributed by atoms with Crippen molar-refractivity contribution in [2.24, 2.45) is 0 Å². The molecule has 5 heteroatoms. The normalized spacial score (nSPS) is 22.7. The molecule has 2 heterocycles. The van der Waals surface area contributed by atoms with E-state index >= 15 is 0 Å². The lowest BCUT2D eigenvalue weighted by atomic mass is 10.1. The molecule has 2 aliphatic heterocycles. The molecule has 3 rings (SSSR count). The number of nitrogens with one attached hydrogen (secondary N) is 1. The van der Waals surface area contributed by atoms with Gasteiger partial charge in [0.1, 0.15) is 0 Å². The van der Waals surface area contributed by atoms with Gasteiger partial charge in [0.2, 0.25) is 5.91 Å². The zero-order valence-electron chi connectivity index (χ0n) is 12.3. The standard InChI is InChI=1S/C16H21N3O2/c1-12-11-17-7-9-18(12)16(21)13-4-2-5-14(10-13)19-8-3-6-15(19)20/h2,4-5,10,12,17H,3,6-9,11H2,1H3/t12-/m0/s1. The molecule has 1 N–H and O–H groups in total. The molecule has 0 saturated carbocycles. The van der Waals surface area contributed by atoms with Crippen LogP contribution in [0.4, 0.5) is 5.69 Å². The molecular weight excluding hydrogens is 266 g/mol. The van der Waals surface area contributed by atoms with Crippen LogP contribution in [-0.4, -0.2) is 48.9 Å². The zero-order valence-corrected chi connectivity index (χ0v) is 12.3. The highest BCUT2D eigenvalue weighted by Gasteiger charge is 2.26. The lowest BCUT2D eigenvalue weighted by Crippen LogP contribution is -2.52. The van der Waals surface area contributed by atoms with Crippen LogP contribution in [-0.2, 0) is 4.79 Å². The minimum Gasteiger partial charge on any atom is -0.333 e. The molecule has 2 aliphatic rings. The molecule has 0 aromatic heterocycles. The summed E-state index contributed by atoms with van der Waals surface area (Å²) in [5, 5.41) is 3.29. The summed E-state index contributed by atoms with van der Waals surface area (Å²) in [6, 6.07) is 7.65. The van der Waals surface area contributed by atoms with Gasteiger partial charge in [-0.15, -0.1) is 0 Å². The number of carbonyl (C=O) groups excluding carboxylic acids is 2. The maximum atomic E-state index is 12.7. The van der Waals surface area contributed by atoms with Crippen LogP contribution in [0.1, 0.15) is 30.1 Å². The summed E-state index contributed by atoms with van der Waals surface area (Å²) in [5.41, 5.74) is 1.51. The molecule has 0 aliphatic carbocycles. The largest absolute Gasteiger partial charge is 0.333 e. The van der Waals surface area contributed by atoms with E-state index in [9.17, 15) is 9.59 Å². The number of amides is 2. The van der Waals surface area contributed by atoms with Crippen LogP contribution in [0.15, 0.2) is 24.3 Å². The van der Waals surface area contributed by atoms with E-state index in [1.807, 2.05) is 29.2 Å². The van der Waals surface area contributed by atoms with Gasteiger partial charge in [-0.3, -0.25) is 9.59 Å². The second kappa shape index (κ2) is 5.85. The predicted molar refractivity (Wildman–Crippen MR) is 81.4 cm³/mol. The van der Waals surface area contributed by atoms with Crippen LogP contribution in [0.5, 0.6) is 0 Å². The molecule has 0 spiro atoms. The molecule has 2 saturated heterocycles. The lowest BCUT2D eigenvalue weighted by molar-refractivity contribution is -0.117. The second-order valence-electron chi connectivity index (χ2n) is 5.75. The minimum atomic E-state index is 0.0532. The first kappa shape index (κ1) is 14.1. The molecule has 2 fully saturated rings. The van der Waals surface area contributed by atoms with Crippen molar-refractivity contribution in [3.63, 3.8) is 0 Å². The summed E-state index contributed by atoms with van der Waals surface area (Å²) in [6.07, 6.45) is 1.50. The Balaban J connectivity index is 1.82. The average molecular weight is 287 g/mol. The molecule has 21 heavy (non-hydrogen) atoms. The van der Waals surface area contributed by atoms with Crippen LogP contribution in [0, 0.1) is 0 Å². The van der Waals surface area contributed by atoms with Crippen molar-refractivity contribution in [2.75, 3.05) is 31.1 Å².